The second-order valence-electron chi connectivity index (χ2n) is 11.7. The van der Waals surface area contributed by atoms with Gasteiger partial charge in [0.15, 0.2) is 0 Å². The lowest BCUT2D eigenvalue weighted by molar-refractivity contribution is -0.228. The predicted molar refractivity (Wildman–Crippen MR) is 115 cm³/mol. The fourth-order valence-corrected chi connectivity index (χ4v) is 1.97. The number of hydrogen-bond acceptors (Lipinski definition) is 3. The molecule has 4 heteroatoms. The Hall–Kier alpha value is -0.190. The first kappa shape index (κ1) is 29.0. The van der Waals surface area contributed by atoms with Crippen molar-refractivity contribution >= 4 is 0 Å². The molecule has 0 aromatic carbocycles. The van der Waals surface area contributed by atoms with Crippen molar-refractivity contribution in [1.29, 1.82) is 0 Å². The summed E-state index contributed by atoms with van der Waals surface area (Å²) in [5.74, 6) is 0. The van der Waals surface area contributed by atoms with Gasteiger partial charge in [-0.1, -0.05) is 69.7 Å². The van der Waals surface area contributed by atoms with Gasteiger partial charge < -0.3 is 14.9 Å². The lowest BCUT2D eigenvalue weighted by atomic mass is 9.66. The zero-order valence-corrected chi connectivity index (χ0v) is 19.2. The average molecular weight is 393 g/mol. The van der Waals surface area contributed by atoms with E-state index < -0.39 is 16.9 Å². The maximum atomic E-state index is 13.4. The Morgan fingerprint density at radius 1 is 0.778 bits per heavy atom. The molecule has 0 spiro atoms. The molecule has 2 rings (SSSR count). The lowest BCUT2D eigenvalue weighted by Crippen LogP contribution is -2.58. The Labute approximate surface area is 169 Å². The Morgan fingerprint density at radius 3 is 1.11 bits per heavy atom. The Bertz CT molecular complexity index is 381. The summed E-state index contributed by atoms with van der Waals surface area (Å²) in [6.07, 6.45) is 2.63. The predicted octanol–water partition coefficient (Wildman–Crippen LogP) is 6.16. The van der Waals surface area contributed by atoms with Gasteiger partial charge in [0.2, 0.25) is 0 Å². The van der Waals surface area contributed by atoms with E-state index in [1.165, 1.54) is 0 Å². The van der Waals surface area contributed by atoms with Crippen molar-refractivity contribution in [1.82, 2.24) is 0 Å². The number of halogens is 1. The third-order valence-electron chi connectivity index (χ3n) is 6.40. The first-order valence-electron chi connectivity index (χ1n) is 9.88. The molecule has 0 aromatic rings. The van der Waals surface area contributed by atoms with Crippen molar-refractivity contribution in [3.05, 3.63) is 0 Å². The summed E-state index contributed by atoms with van der Waals surface area (Å²) in [4.78, 5) is 0. The van der Waals surface area contributed by atoms with Crippen molar-refractivity contribution in [2.24, 2.45) is 16.2 Å². The van der Waals surface area contributed by atoms with Crippen LogP contribution in [0.4, 0.5) is 4.39 Å². The van der Waals surface area contributed by atoms with E-state index in [0.717, 1.165) is 19.3 Å². The molecule has 3 nitrogen and oxygen atoms in total. The number of hydrogen-bond donors (Lipinski definition) is 2. The van der Waals surface area contributed by atoms with Gasteiger partial charge in [0.05, 0.1) is 18.8 Å². The number of ether oxygens (including phenoxy) is 1. The van der Waals surface area contributed by atoms with Crippen molar-refractivity contribution in [3.63, 3.8) is 0 Å². The first-order valence-corrected chi connectivity index (χ1v) is 9.88. The van der Waals surface area contributed by atoms with Crippen molar-refractivity contribution in [2.45, 2.75) is 120 Å². The summed E-state index contributed by atoms with van der Waals surface area (Å²) in [6, 6.07) is 0. The fraction of sp³-hybridized carbons (Fsp3) is 1.00. The van der Waals surface area contributed by atoms with Gasteiger partial charge >= 0.3 is 0 Å². The molecule has 1 saturated carbocycles. The Kier molecular flexibility index (Phi) is 9.77. The van der Waals surface area contributed by atoms with E-state index in [1.54, 1.807) is 0 Å². The molecular formula is C23H49FO3. The molecule has 2 fully saturated rings. The van der Waals surface area contributed by atoms with Crippen molar-refractivity contribution < 1.29 is 19.3 Å². The molecule has 2 N–H and O–H groups in total. The van der Waals surface area contributed by atoms with Crippen molar-refractivity contribution in [3.8, 4) is 0 Å². The van der Waals surface area contributed by atoms with Gasteiger partial charge in [-0.2, -0.15) is 0 Å². The van der Waals surface area contributed by atoms with E-state index in [1.807, 2.05) is 76.2 Å². The highest BCUT2D eigenvalue weighted by molar-refractivity contribution is 4.97. The van der Waals surface area contributed by atoms with Crippen LogP contribution < -0.4 is 0 Å². The van der Waals surface area contributed by atoms with Crippen LogP contribution >= 0.6 is 0 Å². The highest BCUT2D eigenvalue weighted by atomic mass is 19.1. The van der Waals surface area contributed by atoms with Crippen LogP contribution in [-0.4, -0.2) is 40.3 Å². The standard InChI is InChI=1S/C8H15F.C7H14O2.C7H16O.CH4/c1-7(2,3)8(9)5-4-6-8;1-6(2,3)7(8)4-9-5-7;1-6(2,3)7(4,5)8;/h4-6H2,1-3H3;8H,4-5H2,1-3H3;8H,1-5H3;1H4. The minimum absolute atomic E-state index is 0. The molecular weight excluding hydrogens is 343 g/mol. The SMILES string of the molecule is C.CC(C)(C)C(C)(C)O.CC(C)(C)C1(F)CCC1.CC(C)(C)C1(O)COC1. The Morgan fingerprint density at radius 2 is 1.11 bits per heavy atom. The molecule has 166 valence electrons. The molecule has 1 saturated heterocycles. The molecule has 0 atom stereocenters. The van der Waals surface area contributed by atoms with E-state index in [0.29, 0.717) is 13.2 Å². The quantitative estimate of drug-likeness (QED) is 0.519. The van der Waals surface area contributed by atoms with Gasteiger partial charge in [-0.05, 0) is 49.4 Å². The normalized spacial score (nSPS) is 21.1. The summed E-state index contributed by atoms with van der Waals surface area (Å²) < 4.78 is 18.3. The van der Waals surface area contributed by atoms with Gasteiger partial charge in [-0.3, -0.25) is 0 Å². The maximum absolute atomic E-state index is 13.4. The van der Waals surface area contributed by atoms with Crippen LogP contribution in [-0.2, 0) is 4.74 Å². The van der Waals surface area contributed by atoms with Crippen LogP contribution in [0.15, 0.2) is 0 Å². The van der Waals surface area contributed by atoms with Crippen LogP contribution in [0.3, 0.4) is 0 Å². The minimum Gasteiger partial charge on any atom is -0.390 e. The zero-order valence-electron chi connectivity index (χ0n) is 19.2. The number of rotatable bonds is 0. The van der Waals surface area contributed by atoms with E-state index in [2.05, 4.69) is 0 Å². The van der Waals surface area contributed by atoms with Gasteiger partial charge in [0, 0.05) is 0 Å². The van der Waals surface area contributed by atoms with Crippen LogP contribution in [0.5, 0.6) is 0 Å². The minimum atomic E-state index is -0.840. The third kappa shape index (κ3) is 7.98. The van der Waals surface area contributed by atoms with E-state index in [9.17, 15) is 14.6 Å². The molecule has 0 radical (unpaired) electrons. The Balaban J connectivity index is 0. The molecule has 0 aromatic heterocycles. The number of alkyl halides is 1. The third-order valence-corrected chi connectivity index (χ3v) is 6.40. The summed E-state index contributed by atoms with van der Waals surface area (Å²) in [5, 5.41) is 19.0. The lowest BCUT2D eigenvalue weighted by Gasteiger charge is -2.46. The summed E-state index contributed by atoms with van der Waals surface area (Å²) in [7, 11) is 0. The topological polar surface area (TPSA) is 49.7 Å². The van der Waals surface area contributed by atoms with Crippen LogP contribution in [0.2, 0.25) is 0 Å². The molecule has 1 heterocycles. The van der Waals surface area contributed by atoms with Gasteiger partial charge in [-0.25, -0.2) is 4.39 Å². The molecule has 0 unspecified atom stereocenters. The molecule has 0 bridgehead atoms. The zero-order chi connectivity index (χ0) is 21.2. The summed E-state index contributed by atoms with van der Waals surface area (Å²) in [5.41, 5.74) is -2.14. The van der Waals surface area contributed by atoms with Crippen molar-refractivity contribution in [2.75, 3.05) is 13.2 Å². The largest absolute Gasteiger partial charge is 0.390 e. The average Bonchev–Trinajstić information content (AvgIpc) is 2.29. The van der Waals surface area contributed by atoms with Crippen LogP contribution in [0, 0.1) is 16.2 Å². The molecule has 1 aliphatic heterocycles. The highest BCUT2D eigenvalue weighted by Gasteiger charge is 2.47. The molecule has 0 amide bonds. The van der Waals surface area contributed by atoms with Crippen LogP contribution in [0.25, 0.3) is 0 Å². The second kappa shape index (κ2) is 9.09. The van der Waals surface area contributed by atoms with Gasteiger partial charge in [-0.15, -0.1) is 0 Å². The fourth-order valence-electron chi connectivity index (χ4n) is 1.97. The second-order valence-corrected chi connectivity index (χ2v) is 11.7. The van der Waals surface area contributed by atoms with E-state index in [-0.39, 0.29) is 23.7 Å². The van der Waals surface area contributed by atoms with E-state index >= 15 is 0 Å². The van der Waals surface area contributed by atoms with Gasteiger partial charge in [0.1, 0.15) is 11.3 Å². The van der Waals surface area contributed by atoms with Crippen LogP contribution in [0.1, 0.15) is 103 Å². The smallest absolute Gasteiger partial charge is 0.116 e. The highest BCUT2D eigenvalue weighted by Crippen LogP contribution is 2.48. The van der Waals surface area contributed by atoms with E-state index in [4.69, 9.17) is 4.74 Å². The first-order chi connectivity index (χ1) is 11.2. The summed E-state index contributed by atoms with van der Waals surface area (Å²) in [6.45, 7) is 22.7. The molecule has 1 aliphatic carbocycles. The van der Waals surface area contributed by atoms with Gasteiger partial charge in [0.25, 0.3) is 0 Å². The monoisotopic (exact) mass is 392 g/mol. The molecule has 27 heavy (non-hydrogen) atoms. The molecule has 2 aliphatic rings. The number of aliphatic hydroxyl groups is 2. The maximum Gasteiger partial charge on any atom is 0.116 e. The summed E-state index contributed by atoms with van der Waals surface area (Å²) >= 11 is 0.